The maximum Gasteiger partial charge on any atom is 0.435 e. The summed E-state index contributed by atoms with van der Waals surface area (Å²) in [5.41, 5.74) is 8.95. The van der Waals surface area contributed by atoms with Gasteiger partial charge in [0.2, 0.25) is 0 Å². The third-order valence-electron chi connectivity index (χ3n) is 6.02. The van der Waals surface area contributed by atoms with Crippen LogP contribution in [0.1, 0.15) is 46.9 Å². The zero-order chi connectivity index (χ0) is 25.1. The van der Waals surface area contributed by atoms with Gasteiger partial charge in [0, 0.05) is 36.4 Å². The van der Waals surface area contributed by atoms with E-state index in [0.29, 0.717) is 33.8 Å². The average molecular weight is 479 g/mol. The minimum absolute atomic E-state index is 0.0336. The highest BCUT2D eigenvalue weighted by molar-refractivity contribution is 5.74. The maximum atomic E-state index is 13.7. The van der Waals surface area contributed by atoms with Gasteiger partial charge >= 0.3 is 6.18 Å². The van der Waals surface area contributed by atoms with Crippen LogP contribution >= 0.6 is 0 Å². The van der Waals surface area contributed by atoms with Crippen molar-refractivity contribution >= 4 is 5.82 Å². The van der Waals surface area contributed by atoms with Crippen LogP contribution in [-0.4, -0.2) is 24.5 Å². The Morgan fingerprint density at radius 1 is 1.20 bits per heavy atom. The highest BCUT2D eigenvalue weighted by Gasteiger charge is 2.36. The van der Waals surface area contributed by atoms with Crippen molar-refractivity contribution in [3.05, 3.63) is 70.4 Å². The smallest absolute Gasteiger partial charge is 0.435 e. The molecule has 1 aromatic carbocycles. The Balaban J connectivity index is 1.86. The molecule has 35 heavy (non-hydrogen) atoms. The molecule has 0 saturated heterocycles. The Labute approximate surface area is 198 Å². The quantitative estimate of drug-likeness (QED) is 0.398. The second kappa shape index (κ2) is 7.87. The first-order valence-electron chi connectivity index (χ1n) is 10.7. The molecule has 2 bridgehead atoms. The lowest BCUT2D eigenvalue weighted by atomic mass is 10.0. The van der Waals surface area contributed by atoms with Gasteiger partial charge in [0.25, 0.3) is 0 Å². The molecular formula is C24H20F3N7O. The predicted molar refractivity (Wildman–Crippen MR) is 121 cm³/mol. The Morgan fingerprint density at radius 3 is 2.69 bits per heavy atom. The average Bonchev–Trinajstić information content (AvgIpc) is 3.36. The summed E-state index contributed by atoms with van der Waals surface area (Å²) < 4.78 is 50.1. The van der Waals surface area contributed by atoms with Crippen molar-refractivity contribution in [3.63, 3.8) is 0 Å². The third kappa shape index (κ3) is 3.77. The largest absolute Gasteiger partial charge is 0.482 e. The van der Waals surface area contributed by atoms with Gasteiger partial charge in [-0.1, -0.05) is 17.7 Å². The van der Waals surface area contributed by atoms with Crippen molar-refractivity contribution in [3.8, 4) is 28.6 Å². The molecule has 1 aliphatic heterocycles. The second-order valence-corrected chi connectivity index (χ2v) is 8.44. The molecule has 4 aromatic rings. The predicted octanol–water partition coefficient (Wildman–Crippen LogP) is 4.49. The van der Waals surface area contributed by atoms with Crippen molar-refractivity contribution in [1.82, 2.24) is 24.5 Å². The lowest BCUT2D eigenvalue weighted by molar-refractivity contribution is -0.141. The first kappa shape index (κ1) is 22.5. The summed E-state index contributed by atoms with van der Waals surface area (Å²) in [6.07, 6.45) is -3.71. The van der Waals surface area contributed by atoms with E-state index in [2.05, 4.69) is 21.3 Å². The van der Waals surface area contributed by atoms with Gasteiger partial charge in [-0.3, -0.25) is 4.68 Å². The highest BCUT2D eigenvalue weighted by Crippen LogP contribution is 2.38. The van der Waals surface area contributed by atoms with Crippen LogP contribution in [0.3, 0.4) is 0 Å². The lowest BCUT2D eigenvalue weighted by Crippen LogP contribution is -2.14. The number of nitrogens with two attached hydrogens (primary N) is 1. The number of hydrogen-bond donors (Lipinski definition) is 1. The highest BCUT2D eigenvalue weighted by atomic mass is 19.4. The molecule has 4 heterocycles. The number of anilines is 1. The fourth-order valence-corrected chi connectivity index (χ4v) is 4.34. The van der Waals surface area contributed by atoms with Gasteiger partial charge in [0.15, 0.2) is 23.0 Å². The summed E-state index contributed by atoms with van der Waals surface area (Å²) in [6.45, 7) is 3.66. The van der Waals surface area contributed by atoms with Crippen LogP contribution < -0.4 is 10.5 Å². The first-order valence-corrected chi connectivity index (χ1v) is 10.7. The summed E-state index contributed by atoms with van der Waals surface area (Å²) in [6, 6.07) is 10.1. The molecule has 0 aliphatic carbocycles. The number of alkyl halides is 3. The van der Waals surface area contributed by atoms with E-state index in [-0.39, 0.29) is 23.6 Å². The zero-order valence-electron chi connectivity index (χ0n) is 19.1. The molecule has 0 radical (unpaired) electrons. The molecule has 11 heteroatoms. The molecule has 0 fully saturated rings. The molecule has 8 nitrogen and oxygen atoms in total. The molecule has 5 rings (SSSR count). The van der Waals surface area contributed by atoms with Crippen molar-refractivity contribution in [1.29, 1.82) is 5.26 Å². The van der Waals surface area contributed by atoms with Crippen molar-refractivity contribution < 1.29 is 17.9 Å². The second-order valence-electron chi connectivity index (χ2n) is 8.44. The number of nitriles is 1. The first-order chi connectivity index (χ1) is 16.6. The number of fused-ring (bicyclic) bond motifs is 7. The zero-order valence-corrected chi connectivity index (χ0v) is 19.1. The number of nitrogen functional groups attached to an aromatic ring is 1. The number of aryl methyl sites for hydroxylation is 2. The summed E-state index contributed by atoms with van der Waals surface area (Å²) in [5.74, 6) is 0.438. The van der Waals surface area contributed by atoms with E-state index in [4.69, 9.17) is 10.5 Å². The molecule has 1 aliphatic rings. The molecule has 3 aromatic heterocycles. The number of ether oxygens (including phenoxy) is 1. The third-order valence-corrected chi connectivity index (χ3v) is 6.02. The standard InChI is InChI=1S/C24H20F3N7O/c1-12-4-5-18-16(6-12)13(2)35-20-7-14(11-30-23(20)29)22-17(10-28)31-33(3)19(22)8-15-9-21(24(25,26)27)32-34(15)18/h4-7,9,11,13H,8H2,1-3H3,(H2,29,30). The maximum absolute atomic E-state index is 13.7. The topological polar surface area (TPSA) is 108 Å². The van der Waals surface area contributed by atoms with Crippen LogP contribution in [0.5, 0.6) is 5.75 Å². The van der Waals surface area contributed by atoms with E-state index < -0.39 is 18.0 Å². The number of aromatic nitrogens is 5. The SMILES string of the molecule is Cc1ccc2c(c1)C(C)Oc1cc(cnc1N)-c1c(C#N)nn(C)c1Cc1cc(C(F)(F)F)nn1-2. The Hall–Kier alpha value is -4.33. The van der Waals surface area contributed by atoms with Crippen LogP contribution in [0.2, 0.25) is 0 Å². The molecule has 2 N–H and O–H groups in total. The molecule has 178 valence electrons. The molecular weight excluding hydrogens is 459 g/mol. The van der Waals surface area contributed by atoms with Crippen LogP contribution in [0.25, 0.3) is 16.8 Å². The summed E-state index contributed by atoms with van der Waals surface area (Å²) in [7, 11) is 1.64. The van der Waals surface area contributed by atoms with Crippen LogP contribution in [0, 0.1) is 18.3 Å². The fraction of sp³-hybridized carbons (Fsp3) is 0.250. The van der Waals surface area contributed by atoms with Gasteiger partial charge in [-0.2, -0.15) is 28.6 Å². The van der Waals surface area contributed by atoms with Crippen molar-refractivity contribution in [2.24, 2.45) is 7.05 Å². The summed E-state index contributed by atoms with van der Waals surface area (Å²) >= 11 is 0. The molecule has 1 unspecified atom stereocenters. The number of halogens is 3. The van der Waals surface area contributed by atoms with Crippen LogP contribution in [-0.2, 0) is 19.6 Å². The molecule has 1 atom stereocenters. The van der Waals surface area contributed by atoms with E-state index in [0.717, 1.165) is 11.6 Å². The van der Waals surface area contributed by atoms with Gasteiger partial charge < -0.3 is 10.5 Å². The molecule has 0 spiro atoms. The number of benzene rings is 1. The minimum Gasteiger partial charge on any atom is -0.482 e. The number of hydrogen-bond acceptors (Lipinski definition) is 6. The molecule has 0 saturated carbocycles. The van der Waals surface area contributed by atoms with Gasteiger partial charge in [0.1, 0.15) is 12.2 Å². The minimum atomic E-state index is -4.64. The fourth-order valence-electron chi connectivity index (χ4n) is 4.34. The van der Waals surface area contributed by atoms with Crippen LogP contribution in [0.15, 0.2) is 36.5 Å². The molecule has 0 amide bonds. The Morgan fingerprint density at radius 2 is 1.97 bits per heavy atom. The van der Waals surface area contributed by atoms with E-state index in [1.54, 1.807) is 32.2 Å². The lowest BCUT2D eigenvalue weighted by Gasteiger charge is -2.22. The van der Waals surface area contributed by atoms with E-state index in [1.165, 1.54) is 15.6 Å². The van der Waals surface area contributed by atoms with Gasteiger partial charge in [-0.25, -0.2) is 9.67 Å². The summed E-state index contributed by atoms with van der Waals surface area (Å²) in [4.78, 5) is 4.24. The van der Waals surface area contributed by atoms with Gasteiger partial charge in [-0.15, -0.1) is 0 Å². The number of nitrogens with zero attached hydrogens (tertiary/aromatic N) is 6. The van der Waals surface area contributed by atoms with Gasteiger partial charge in [0.05, 0.1) is 17.1 Å². The normalized spacial score (nSPS) is 15.1. The van der Waals surface area contributed by atoms with Crippen molar-refractivity contribution in [2.75, 3.05) is 5.73 Å². The van der Waals surface area contributed by atoms with Gasteiger partial charge in [-0.05, 0) is 32.0 Å². The monoisotopic (exact) mass is 479 g/mol. The number of rotatable bonds is 0. The van der Waals surface area contributed by atoms with E-state index >= 15 is 0 Å². The van der Waals surface area contributed by atoms with E-state index in [1.807, 2.05) is 13.0 Å². The van der Waals surface area contributed by atoms with Crippen molar-refractivity contribution in [2.45, 2.75) is 32.5 Å². The van der Waals surface area contributed by atoms with Crippen LogP contribution in [0.4, 0.5) is 19.0 Å². The number of pyridine rings is 1. The Bertz CT molecular complexity index is 1510. The summed E-state index contributed by atoms with van der Waals surface area (Å²) in [5, 5.41) is 17.9. The van der Waals surface area contributed by atoms with E-state index in [9.17, 15) is 18.4 Å². The Kier molecular flexibility index (Phi) is 5.05.